The molecule has 18 heavy (non-hydrogen) atoms. The van der Waals surface area contributed by atoms with Crippen LogP contribution >= 0.6 is 0 Å². The van der Waals surface area contributed by atoms with Crippen LogP contribution in [0.3, 0.4) is 0 Å². The van der Waals surface area contributed by atoms with Gasteiger partial charge in [0, 0.05) is 18.1 Å². The molecule has 0 saturated heterocycles. The Balaban J connectivity index is 2.51. The maximum absolute atomic E-state index is 6.03. The maximum atomic E-state index is 6.03. The van der Waals surface area contributed by atoms with Crippen molar-refractivity contribution in [3.63, 3.8) is 0 Å². The van der Waals surface area contributed by atoms with E-state index in [2.05, 4.69) is 37.4 Å². The molecule has 0 radical (unpaired) electrons. The van der Waals surface area contributed by atoms with Gasteiger partial charge in [0.15, 0.2) is 0 Å². The average molecular weight is 247 g/mol. The summed E-state index contributed by atoms with van der Waals surface area (Å²) in [5, 5.41) is 4.50. The van der Waals surface area contributed by atoms with Gasteiger partial charge in [0.1, 0.15) is 11.3 Å². The van der Waals surface area contributed by atoms with Crippen LogP contribution in [0.5, 0.6) is 0 Å². The van der Waals surface area contributed by atoms with E-state index in [4.69, 9.17) is 9.15 Å². The smallest absolute Gasteiger partial charge is 0.137 e. The summed E-state index contributed by atoms with van der Waals surface area (Å²) < 4.78 is 11.3. The number of hydrogen-bond acceptors (Lipinski definition) is 3. The second-order valence-electron chi connectivity index (χ2n) is 4.36. The van der Waals surface area contributed by atoms with E-state index in [1.807, 2.05) is 0 Å². The van der Waals surface area contributed by atoms with Gasteiger partial charge in [-0.1, -0.05) is 32.0 Å². The molecular formula is C15H21NO2. The van der Waals surface area contributed by atoms with E-state index in [0.717, 1.165) is 30.9 Å². The molecule has 98 valence electrons. The summed E-state index contributed by atoms with van der Waals surface area (Å²) in [4.78, 5) is 0. The number of para-hydroxylation sites is 1. The lowest BCUT2D eigenvalue weighted by Crippen LogP contribution is -2.12. The molecule has 0 amide bonds. The fraction of sp³-hybridized carbons (Fsp3) is 0.467. The van der Waals surface area contributed by atoms with E-state index in [0.29, 0.717) is 6.61 Å². The van der Waals surface area contributed by atoms with Gasteiger partial charge in [-0.15, -0.1) is 0 Å². The van der Waals surface area contributed by atoms with Crippen molar-refractivity contribution in [1.29, 1.82) is 0 Å². The lowest BCUT2D eigenvalue weighted by atomic mass is 10.1. The fourth-order valence-electron chi connectivity index (χ4n) is 2.24. The van der Waals surface area contributed by atoms with E-state index in [1.54, 1.807) is 7.11 Å². The minimum Gasteiger partial charge on any atom is -0.459 e. The first-order chi connectivity index (χ1) is 8.81. The van der Waals surface area contributed by atoms with Gasteiger partial charge in [0.2, 0.25) is 0 Å². The molecule has 3 nitrogen and oxygen atoms in total. The van der Waals surface area contributed by atoms with Crippen LogP contribution in [0.15, 0.2) is 22.6 Å². The Labute approximate surface area is 108 Å². The summed E-state index contributed by atoms with van der Waals surface area (Å²) in [7, 11) is 1.72. The normalized spacial score (nSPS) is 11.3. The lowest BCUT2D eigenvalue weighted by molar-refractivity contribution is 0.183. The molecule has 1 N–H and O–H groups in total. The summed E-state index contributed by atoms with van der Waals surface area (Å²) in [5.74, 6) is 0.995. The summed E-state index contributed by atoms with van der Waals surface area (Å²) in [6.45, 7) is 6.53. The molecule has 0 atom stereocenters. The zero-order valence-electron chi connectivity index (χ0n) is 11.4. The SMILES string of the molecule is CCNCc1oc2c(CC)cccc2c1COC. The number of ether oxygens (including phenoxy) is 1. The van der Waals surface area contributed by atoms with Gasteiger partial charge >= 0.3 is 0 Å². The molecule has 2 rings (SSSR count). The lowest BCUT2D eigenvalue weighted by Gasteiger charge is -2.02. The highest BCUT2D eigenvalue weighted by Gasteiger charge is 2.15. The molecule has 0 spiro atoms. The Hall–Kier alpha value is -1.32. The fourth-order valence-corrected chi connectivity index (χ4v) is 2.24. The van der Waals surface area contributed by atoms with E-state index < -0.39 is 0 Å². The summed E-state index contributed by atoms with van der Waals surface area (Å²) in [5.41, 5.74) is 3.44. The molecule has 0 aliphatic heterocycles. The van der Waals surface area contributed by atoms with E-state index >= 15 is 0 Å². The molecule has 0 unspecified atom stereocenters. The van der Waals surface area contributed by atoms with Crippen LogP contribution in [0.4, 0.5) is 0 Å². The highest BCUT2D eigenvalue weighted by Crippen LogP contribution is 2.29. The van der Waals surface area contributed by atoms with Gasteiger partial charge in [-0.05, 0) is 18.5 Å². The van der Waals surface area contributed by atoms with E-state index in [-0.39, 0.29) is 0 Å². The first kappa shape index (κ1) is 13.1. The monoisotopic (exact) mass is 247 g/mol. The maximum Gasteiger partial charge on any atom is 0.137 e. The Morgan fingerprint density at radius 2 is 2.11 bits per heavy atom. The minimum atomic E-state index is 0.598. The van der Waals surface area contributed by atoms with Crippen LogP contribution in [0.2, 0.25) is 0 Å². The summed E-state index contributed by atoms with van der Waals surface area (Å²) >= 11 is 0. The number of nitrogens with one attached hydrogen (secondary N) is 1. The number of methoxy groups -OCH3 is 1. The molecule has 0 aliphatic rings. The molecule has 0 fully saturated rings. The molecule has 1 heterocycles. The predicted octanol–water partition coefficient (Wildman–Crippen LogP) is 3.25. The third-order valence-electron chi connectivity index (χ3n) is 3.19. The van der Waals surface area contributed by atoms with Crippen molar-refractivity contribution < 1.29 is 9.15 Å². The zero-order chi connectivity index (χ0) is 13.0. The van der Waals surface area contributed by atoms with Crippen LogP contribution in [-0.4, -0.2) is 13.7 Å². The summed E-state index contributed by atoms with van der Waals surface area (Å²) in [6, 6.07) is 6.33. The number of benzene rings is 1. The second-order valence-corrected chi connectivity index (χ2v) is 4.36. The average Bonchev–Trinajstić information content (AvgIpc) is 2.75. The Kier molecular flexibility index (Phi) is 4.39. The molecular weight excluding hydrogens is 226 g/mol. The molecule has 1 aromatic carbocycles. The molecule has 0 saturated carbocycles. The predicted molar refractivity (Wildman–Crippen MR) is 73.7 cm³/mol. The number of hydrogen-bond donors (Lipinski definition) is 1. The number of rotatable bonds is 6. The Morgan fingerprint density at radius 1 is 1.28 bits per heavy atom. The Morgan fingerprint density at radius 3 is 2.78 bits per heavy atom. The summed E-state index contributed by atoms with van der Waals surface area (Å²) in [6.07, 6.45) is 0.984. The van der Waals surface area contributed by atoms with Crippen LogP contribution in [0.1, 0.15) is 30.7 Å². The minimum absolute atomic E-state index is 0.598. The zero-order valence-corrected chi connectivity index (χ0v) is 11.4. The highest BCUT2D eigenvalue weighted by molar-refractivity contribution is 5.85. The van der Waals surface area contributed by atoms with Crippen molar-refractivity contribution in [2.45, 2.75) is 33.4 Å². The van der Waals surface area contributed by atoms with Crippen LogP contribution in [-0.2, 0) is 24.3 Å². The van der Waals surface area contributed by atoms with Gasteiger partial charge in [-0.3, -0.25) is 0 Å². The van der Waals surface area contributed by atoms with Crippen molar-refractivity contribution >= 4 is 11.0 Å². The molecule has 3 heteroatoms. The number of furan rings is 1. The van der Waals surface area contributed by atoms with E-state index in [9.17, 15) is 0 Å². The Bertz CT molecular complexity index is 516. The topological polar surface area (TPSA) is 34.4 Å². The standard InChI is InChI=1S/C15H21NO2/c1-4-11-7-6-8-12-13(10-17-3)14(9-16-5-2)18-15(11)12/h6-8,16H,4-5,9-10H2,1-3H3. The third kappa shape index (κ3) is 2.42. The molecule has 2 aromatic rings. The van der Waals surface area contributed by atoms with Crippen LogP contribution in [0.25, 0.3) is 11.0 Å². The van der Waals surface area contributed by atoms with Crippen molar-refractivity contribution in [2.24, 2.45) is 0 Å². The van der Waals surface area contributed by atoms with Crippen molar-refractivity contribution in [2.75, 3.05) is 13.7 Å². The van der Waals surface area contributed by atoms with E-state index in [1.165, 1.54) is 16.5 Å². The first-order valence-corrected chi connectivity index (χ1v) is 6.53. The number of fused-ring (bicyclic) bond motifs is 1. The third-order valence-corrected chi connectivity index (χ3v) is 3.19. The largest absolute Gasteiger partial charge is 0.459 e. The van der Waals surface area contributed by atoms with Crippen molar-refractivity contribution in [3.05, 3.63) is 35.1 Å². The van der Waals surface area contributed by atoms with Crippen molar-refractivity contribution in [3.8, 4) is 0 Å². The van der Waals surface area contributed by atoms with Crippen LogP contribution < -0.4 is 5.32 Å². The van der Waals surface area contributed by atoms with Gasteiger partial charge in [0.05, 0.1) is 13.2 Å². The number of aryl methyl sites for hydroxylation is 1. The molecule has 0 bridgehead atoms. The molecule has 1 aromatic heterocycles. The first-order valence-electron chi connectivity index (χ1n) is 6.53. The molecule has 0 aliphatic carbocycles. The van der Waals surface area contributed by atoms with Gasteiger partial charge < -0.3 is 14.5 Å². The second kappa shape index (κ2) is 6.03. The van der Waals surface area contributed by atoms with Crippen molar-refractivity contribution in [1.82, 2.24) is 5.32 Å². The van der Waals surface area contributed by atoms with Gasteiger partial charge in [-0.25, -0.2) is 0 Å². The quantitative estimate of drug-likeness (QED) is 0.851. The van der Waals surface area contributed by atoms with Gasteiger partial charge in [0.25, 0.3) is 0 Å². The van der Waals surface area contributed by atoms with Gasteiger partial charge in [-0.2, -0.15) is 0 Å². The highest BCUT2D eigenvalue weighted by atomic mass is 16.5. The van der Waals surface area contributed by atoms with Crippen LogP contribution in [0, 0.1) is 0 Å².